The number of hydrogen-bond acceptors (Lipinski definition) is 6. The molecule has 204 valence electrons. The van der Waals surface area contributed by atoms with Crippen LogP contribution in [0.2, 0.25) is 0 Å². The Morgan fingerprint density at radius 2 is 1.76 bits per heavy atom. The number of benzene rings is 2. The number of hydrogen-bond donors (Lipinski definition) is 2. The largest absolute Gasteiger partial charge is 0.421 e. The molecule has 12 heteroatoms. The molecule has 1 saturated carbocycles. The number of amides is 2. The van der Waals surface area contributed by atoms with E-state index in [1.165, 1.54) is 29.2 Å². The van der Waals surface area contributed by atoms with Crippen LogP contribution < -0.4 is 5.32 Å². The van der Waals surface area contributed by atoms with Gasteiger partial charge in [-0.25, -0.2) is 8.42 Å². The first kappa shape index (κ1) is 26.6. The minimum atomic E-state index is -4.89. The molecule has 3 aliphatic rings. The maximum atomic E-state index is 13.5. The summed E-state index contributed by atoms with van der Waals surface area (Å²) in [5.41, 5.74) is -2.28. The fourth-order valence-electron chi connectivity index (χ4n) is 4.87. The lowest BCUT2D eigenvalue weighted by Gasteiger charge is -2.27. The number of nitrogens with zero attached hydrogens (tertiary/aromatic N) is 1. The van der Waals surface area contributed by atoms with E-state index in [4.69, 9.17) is 4.74 Å². The van der Waals surface area contributed by atoms with E-state index in [9.17, 15) is 36.3 Å². The normalized spacial score (nSPS) is 23.1. The summed E-state index contributed by atoms with van der Waals surface area (Å²) in [6, 6.07) is 8.02. The number of carbonyl (C=O) groups is 2. The van der Waals surface area contributed by atoms with Crippen molar-refractivity contribution in [1.29, 1.82) is 0 Å². The van der Waals surface area contributed by atoms with Crippen LogP contribution in [0.15, 0.2) is 47.4 Å². The predicted octanol–water partition coefficient (Wildman–Crippen LogP) is 3.59. The zero-order chi connectivity index (χ0) is 27.5. The van der Waals surface area contributed by atoms with Crippen molar-refractivity contribution in [2.45, 2.75) is 73.2 Å². The highest BCUT2D eigenvalue weighted by Crippen LogP contribution is 2.41. The van der Waals surface area contributed by atoms with Crippen LogP contribution in [0.5, 0.6) is 0 Å². The van der Waals surface area contributed by atoms with Crippen molar-refractivity contribution in [2.24, 2.45) is 0 Å². The minimum absolute atomic E-state index is 0.0214. The van der Waals surface area contributed by atoms with E-state index in [0.717, 1.165) is 12.1 Å². The molecule has 1 saturated heterocycles. The molecule has 8 nitrogen and oxygen atoms in total. The first-order valence-electron chi connectivity index (χ1n) is 12.3. The second-order valence-electron chi connectivity index (χ2n) is 10.1. The van der Waals surface area contributed by atoms with Gasteiger partial charge in [-0.2, -0.15) is 13.2 Å². The fourth-order valence-corrected chi connectivity index (χ4v) is 6.58. The number of alkyl halides is 3. The van der Waals surface area contributed by atoms with E-state index in [1.807, 2.05) is 0 Å². The monoisotopic (exact) mass is 552 g/mol. The van der Waals surface area contributed by atoms with Crippen molar-refractivity contribution < 1.29 is 41.0 Å². The van der Waals surface area contributed by atoms with Crippen molar-refractivity contribution in [1.82, 2.24) is 4.90 Å². The number of anilines is 1. The first-order valence-corrected chi connectivity index (χ1v) is 13.8. The zero-order valence-corrected chi connectivity index (χ0v) is 21.3. The molecule has 1 aliphatic carbocycles. The number of carbonyl (C=O) groups excluding carboxylic acids is 2. The molecule has 5 rings (SSSR count). The first-order chi connectivity index (χ1) is 17.8. The van der Waals surface area contributed by atoms with Gasteiger partial charge in [0.25, 0.3) is 11.8 Å². The molecule has 2 unspecified atom stereocenters. The predicted molar refractivity (Wildman–Crippen MR) is 130 cm³/mol. The number of fused-ring (bicyclic) bond motifs is 1. The Kier molecular flexibility index (Phi) is 6.56. The third kappa shape index (κ3) is 4.69. The smallest absolute Gasteiger partial charge is 0.376 e. The quantitative estimate of drug-likeness (QED) is 0.567. The Hall–Kier alpha value is -2.96. The van der Waals surface area contributed by atoms with Gasteiger partial charge in [-0.15, -0.1) is 0 Å². The summed E-state index contributed by atoms with van der Waals surface area (Å²) < 4.78 is 70.6. The molecule has 3 atom stereocenters. The number of aliphatic hydroxyl groups is 1. The molecule has 2 fully saturated rings. The molecule has 0 spiro atoms. The Morgan fingerprint density at radius 1 is 1.08 bits per heavy atom. The molecule has 2 heterocycles. The second kappa shape index (κ2) is 9.35. The molecule has 2 N–H and O–H groups in total. The van der Waals surface area contributed by atoms with E-state index in [1.54, 1.807) is 6.07 Å². The van der Waals surface area contributed by atoms with Crippen LogP contribution in [0, 0.1) is 0 Å². The van der Waals surface area contributed by atoms with Crippen molar-refractivity contribution in [3.8, 4) is 0 Å². The van der Waals surface area contributed by atoms with Crippen LogP contribution in [0.4, 0.5) is 18.9 Å². The van der Waals surface area contributed by atoms with Gasteiger partial charge >= 0.3 is 6.18 Å². The van der Waals surface area contributed by atoms with Gasteiger partial charge in [-0.05, 0) is 73.6 Å². The second-order valence-corrected chi connectivity index (χ2v) is 12.3. The van der Waals surface area contributed by atoms with E-state index in [0.29, 0.717) is 50.3 Å². The van der Waals surface area contributed by atoms with E-state index >= 15 is 0 Å². The van der Waals surface area contributed by atoms with Crippen LogP contribution >= 0.6 is 0 Å². The molecule has 2 aliphatic heterocycles. The Morgan fingerprint density at radius 3 is 2.34 bits per heavy atom. The summed E-state index contributed by atoms with van der Waals surface area (Å²) in [6.45, 7) is 1.09. The number of nitrogens with one attached hydrogen (secondary N) is 1. The Bertz CT molecular complexity index is 1360. The molecule has 38 heavy (non-hydrogen) atoms. The summed E-state index contributed by atoms with van der Waals surface area (Å²) in [4.78, 5) is 28.3. The minimum Gasteiger partial charge on any atom is -0.376 e. The van der Waals surface area contributed by atoms with Crippen molar-refractivity contribution >= 4 is 27.3 Å². The van der Waals surface area contributed by atoms with Crippen molar-refractivity contribution in [3.05, 3.63) is 59.2 Å². The molecular weight excluding hydrogens is 525 g/mol. The van der Waals surface area contributed by atoms with Gasteiger partial charge in [0.2, 0.25) is 0 Å². The highest BCUT2D eigenvalue weighted by atomic mass is 32.2. The van der Waals surface area contributed by atoms with Crippen LogP contribution in [-0.4, -0.2) is 54.4 Å². The fraction of sp³-hybridized carbons (Fsp3) is 0.462. The van der Waals surface area contributed by atoms with E-state index in [2.05, 4.69) is 5.32 Å². The molecule has 0 radical (unpaired) electrons. The van der Waals surface area contributed by atoms with Crippen LogP contribution in [-0.2, 0) is 36.3 Å². The van der Waals surface area contributed by atoms with Crippen molar-refractivity contribution in [2.75, 3.05) is 11.9 Å². The van der Waals surface area contributed by atoms with E-state index < -0.39 is 50.5 Å². The topological polar surface area (TPSA) is 113 Å². The van der Waals surface area contributed by atoms with Crippen LogP contribution in [0.1, 0.15) is 55.3 Å². The van der Waals surface area contributed by atoms with Gasteiger partial charge in [0.05, 0.1) is 10.1 Å². The van der Waals surface area contributed by atoms with Crippen LogP contribution in [0.25, 0.3) is 0 Å². The summed E-state index contributed by atoms with van der Waals surface area (Å²) in [5, 5.41) is 12.1. The van der Waals surface area contributed by atoms with Gasteiger partial charge in [0.15, 0.2) is 15.4 Å². The lowest BCUT2D eigenvalue weighted by atomic mass is 9.95. The van der Waals surface area contributed by atoms with Gasteiger partial charge in [0, 0.05) is 18.8 Å². The zero-order valence-electron chi connectivity index (χ0n) is 20.5. The molecule has 0 aromatic heterocycles. The van der Waals surface area contributed by atoms with Crippen molar-refractivity contribution in [3.63, 3.8) is 0 Å². The van der Waals surface area contributed by atoms with E-state index in [-0.39, 0.29) is 23.0 Å². The van der Waals surface area contributed by atoms with Gasteiger partial charge in [-0.3, -0.25) is 9.59 Å². The maximum Gasteiger partial charge on any atom is 0.421 e. The highest BCUT2D eigenvalue weighted by Gasteiger charge is 2.51. The summed E-state index contributed by atoms with van der Waals surface area (Å²) >= 11 is 0. The number of rotatable bonds is 6. The SMILES string of the molecule is CC(O)(c1ccc(NC(=O)C2c3ccc(S(=O)(=O)C4CC4)cc3CN2C(=O)[C@@H]2CCCO2)cc1)C(F)(F)F. The maximum absolute atomic E-state index is 13.5. The summed E-state index contributed by atoms with van der Waals surface area (Å²) in [6.07, 6.45) is -3.19. The average Bonchev–Trinajstić information content (AvgIpc) is 3.45. The average molecular weight is 553 g/mol. The standard InChI is InChI=1S/C26H27F3N2O6S/c1-25(34,26(27,28)29)16-4-6-17(7-5-16)30-23(32)22-20-11-10-19(38(35,36)18-8-9-18)13-15(20)14-31(22)24(33)21-3-2-12-37-21/h4-7,10-11,13,18,21-22,34H,2-3,8-9,12,14H2,1H3,(H,30,32)/t21-,22?,25?/m0/s1. The summed E-state index contributed by atoms with van der Waals surface area (Å²) in [7, 11) is -3.48. The molecular formula is C26H27F3N2O6S. The van der Waals surface area contributed by atoms with Gasteiger partial charge in [0.1, 0.15) is 12.1 Å². The van der Waals surface area contributed by atoms with Crippen LogP contribution in [0.3, 0.4) is 0 Å². The van der Waals surface area contributed by atoms with Gasteiger partial charge < -0.3 is 20.1 Å². The third-order valence-corrected chi connectivity index (χ3v) is 9.62. The lowest BCUT2D eigenvalue weighted by molar-refractivity contribution is -0.258. The Balaban J connectivity index is 1.43. The number of sulfone groups is 1. The highest BCUT2D eigenvalue weighted by molar-refractivity contribution is 7.92. The number of ether oxygens (including phenoxy) is 1. The molecule has 0 bridgehead atoms. The molecule has 2 aromatic rings. The lowest BCUT2D eigenvalue weighted by Crippen LogP contribution is -2.42. The number of halogens is 3. The van der Waals surface area contributed by atoms with Gasteiger partial charge in [-0.1, -0.05) is 18.2 Å². The molecule has 2 amide bonds. The third-order valence-electron chi connectivity index (χ3n) is 7.36. The molecule has 2 aromatic carbocycles. The Labute approximate surface area is 217 Å². The summed E-state index contributed by atoms with van der Waals surface area (Å²) in [5.74, 6) is -0.995.